The van der Waals surface area contributed by atoms with Crippen LogP contribution in [0.25, 0.3) is 0 Å². The molecule has 0 amide bonds. The third-order valence-corrected chi connectivity index (χ3v) is 1.55. The molecule has 0 radical (unpaired) electrons. The predicted octanol–water partition coefficient (Wildman–Crippen LogP) is 0.719. The molecule has 18 heavy (non-hydrogen) atoms. The van der Waals surface area contributed by atoms with Crippen LogP contribution in [0.1, 0.15) is 26.7 Å². The fourth-order valence-corrected chi connectivity index (χ4v) is 0.874. The van der Waals surface area contributed by atoms with E-state index in [1.54, 1.807) is 13.8 Å². The summed E-state index contributed by atoms with van der Waals surface area (Å²) in [5, 5.41) is 0. The standard InChI is InChI=1S/C9H17NO4.2C2H2/c1-3-13-8(11)6-5-7(10)9(12)14-4-2;2*1-2/h7H,3-6,10H2,1-2H3;2*1-2H. The largest absolute Gasteiger partial charge is 0.466 e. The van der Waals surface area contributed by atoms with Crippen LogP contribution in [0.15, 0.2) is 0 Å². The van der Waals surface area contributed by atoms with Crippen molar-refractivity contribution in [3.8, 4) is 25.7 Å². The summed E-state index contributed by atoms with van der Waals surface area (Å²) in [7, 11) is 0. The van der Waals surface area contributed by atoms with Crippen molar-refractivity contribution in [1.29, 1.82) is 0 Å². The van der Waals surface area contributed by atoms with Crippen molar-refractivity contribution in [2.75, 3.05) is 13.2 Å². The first kappa shape index (κ1) is 21.3. The third kappa shape index (κ3) is 14.0. The van der Waals surface area contributed by atoms with E-state index in [1.807, 2.05) is 0 Å². The number of ether oxygens (including phenoxy) is 2. The normalized spacial score (nSPS) is 9.50. The van der Waals surface area contributed by atoms with Gasteiger partial charge in [0, 0.05) is 6.42 Å². The molecule has 0 rings (SSSR count). The zero-order chi connectivity index (χ0) is 15.0. The number of hydrogen-bond donors (Lipinski definition) is 1. The summed E-state index contributed by atoms with van der Waals surface area (Å²) in [6, 6.07) is -0.737. The molecule has 2 N–H and O–H groups in total. The lowest BCUT2D eigenvalue weighted by Gasteiger charge is -2.09. The van der Waals surface area contributed by atoms with E-state index >= 15 is 0 Å². The van der Waals surface area contributed by atoms with Crippen molar-refractivity contribution in [1.82, 2.24) is 0 Å². The molecule has 0 fully saturated rings. The number of esters is 2. The van der Waals surface area contributed by atoms with Crippen LogP contribution in [0, 0.1) is 25.7 Å². The summed E-state index contributed by atoms with van der Waals surface area (Å²) < 4.78 is 9.37. The number of carbonyl (C=O) groups is 2. The van der Waals surface area contributed by atoms with E-state index in [4.69, 9.17) is 5.73 Å². The van der Waals surface area contributed by atoms with Crippen molar-refractivity contribution in [2.24, 2.45) is 5.73 Å². The van der Waals surface area contributed by atoms with Gasteiger partial charge in [-0.25, -0.2) is 0 Å². The molecule has 1 unspecified atom stereocenters. The highest BCUT2D eigenvalue weighted by atomic mass is 16.5. The Morgan fingerprint density at radius 3 is 1.89 bits per heavy atom. The fraction of sp³-hybridized carbons (Fsp3) is 0.538. The van der Waals surface area contributed by atoms with Gasteiger partial charge in [-0.15, -0.1) is 25.7 Å². The molecule has 0 saturated carbocycles. The monoisotopic (exact) mass is 255 g/mol. The van der Waals surface area contributed by atoms with Gasteiger partial charge in [-0.3, -0.25) is 9.59 Å². The smallest absolute Gasteiger partial charge is 0.322 e. The zero-order valence-electron chi connectivity index (χ0n) is 10.9. The zero-order valence-corrected chi connectivity index (χ0v) is 10.9. The highest BCUT2D eigenvalue weighted by Gasteiger charge is 2.16. The van der Waals surface area contributed by atoms with Gasteiger partial charge in [0.15, 0.2) is 0 Å². The van der Waals surface area contributed by atoms with E-state index in [1.165, 1.54) is 0 Å². The Balaban J connectivity index is -0.000000506. The average Bonchev–Trinajstić information content (AvgIpc) is 2.41. The Morgan fingerprint density at radius 2 is 1.50 bits per heavy atom. The second-order valence-electron chi connectivity index (χ2n) is 2.70. The van der Waals surface area contributed by atoms with E-state index in [0.29, 0.717) is 13.2 Å². The molecule has 0 aromatic rings. The Labute approximate surface area is 109 Å². The molecule has 0 bridgehead atoms. The first-order chi connectivity index (χ1) is 8.61. The topological polar surface area (TPSA) is 78.6 Å². The van der Waals surface area contributed by atoms with Gasteiger partial charge in [-0.1, -0.05) is 0 Å². The van der Waals surface area contributed by atoms with Gasteiger partial charge in [0.25, 0.3) is 0 Å². The summed E-state index contributed by atoms with van der Waals surface area (Å²) in [6.45, 7) is 4.07. The number of terminal acetylenes is 2. The number of nitrogens with two attached hydrogens (primary N) is 1. The molecule has 102 valence electrons. The van der Waals surface area contributed by atoms with Crippen molar-refractivity contribution < 1.29 is 19.1 Å². The predicted molar refractivity (Wildman–Crippen MR) is 70.3 cm³/mol. The summed E-state index contributed by atoms with van der Waals surface area (Å²) >= 11 is 0. The molecule has 0 aliphatic rings. The molecule has 0 aromatic carbocycles. The highest BCUT2D eigenvalue weighted by Crippen LogP contribution is 1.99. The molecule has 0 spiro atoms. The van der Waals surface area contributed by atoms with Crippen molar-refractivity contribution >= 4 is 11.9 Å². The van der Waals surface area contributed by atoms with Crippen molar-refractivity contribution in [3.05, 3.63) is 0 Å². The number of rotatable bonds is 6. The molecule has 0 aromatic heterocycles. The van der Waals surface area contributed by atoms with Crippen molar-refractivity contribution in [2.45, 2.75) is 32.7 Å². The van der Waals surface area contributed by atoms with Crippen LogP contribution in [-0.4, -0.2) is 31.2 Å². The van der Waals surface area contributed by atoms with Gasteiger partial charge in [0.2, 0.25) is 0 Å². The minimum Gasteiger partial charge on any atom is -0.466 e. The van der Waals surface area contributed by atoms with E-state index in [-0.39, 0.29) is 18.8 Å². The van der Waals surface area contributed by atoms with Gasteiger partial charge >= 0.3 is 11.9 Å². The lowest BCUT2D eigenvalue weighted by atomic mass is 10.2. The molecule has 1 atom stereocenters. The number of carbonyl (C=O) groups excluding carboxylic acids is 2. The lowest BCUT2D eigenvalue weighted by Crippen LogP contribution is -2.32. The number of hydrogen-bond acceptors (Lipinski definition) is 5. The molecule has 0 heterocycles. The maximum Gasteiger partial charge on any atom is 0.322 e. The average molecular weight is 255 g/mol. The highest BCUT2D eigenvalue weighted by molar-refractivity contribution is 5.77. The molecule has 0 aliphatic carbocycles. The van der Waals surface area contributed by atoms with Crippen LogP contribution >= 0.6 is 0 Å². The third-order valence-electron chi connectivity index (χ3n) is 1.55. The van der Waals surface area contributed by atoms with Gasteiger partial charge in [-0.05, 0) is 20.3 Å². The first-order valence-electron chi connectivity index (χ1n) is 5.36. The summed E-state index contributed by atoms with van der Waals surface area (Å²) in [5.41, 5.74) is 5.47. The second kappa shape index (κ2) is 17.4. The van der Waals surface area contributed by atoms with Crippen molar-refractivity contribution in [3.63, 3.8) is 0 Å². The minimum atomic E-state index is -0.737. The van der Waals surface area contributed by atoms with Crippen LogP contribution in [0.4, 0.5) is 0 Å². The van der Waals surface area contributed by atoms with E-state index in [2.05, 4.69) is 35.2 Å². The van der Waals surface area contributed by atoms with E-state index < -0.39 is 12.0 Å². The van der Waals surface area contributed by atoms with Gasteiger partial charge in [0.1, 0.15) is 6.04 Å². The van der Waals surface area contributed by atoms with Crippen LogP contribution in [0.5, 0.6) is 0 Å². The molecular weight excluding hydrogens is 234 g/mol. The van der Waals surface area contributed by atoms with Crippen LogP contribution in [0.3, 0.4) is 0 Å². The van der Waals surface area contributed by atoms with Crippen LogP contribution < -0.4 is 5.73 Å². The van der Waals surface area contributed by atoms with Crippen LogP contribution in [-0.2, 0) is 19.1 Å². The lowest BCUT2D eigenvalue weighted by molar-refractivity contribution is -0.146. The Hall–Kier alpha value is -1.98. The molecule has 5 nitrogen and oxygen atoms in total. The van der Waals surface area contributed by atoms with E-state index in [0.717, 1.165) is 0 Å². The summed E-state index contributed by atoms with van der Waals surface area (Å²) in [5.74, 6) is -0.816. The fourth-order valence-electron chi connectivity index (χ4n) is 0.874. The second-order valence-corrected chi connectivity index (χ2v) is 2.70. The SMILES string of the molecule is C#C.C#C.CCOC(=O)CCC(N)C(=O)OCC. The Kier molecular flexibility index (Phi) is 20.6. The Morgan fingerprint density at radius 1 is 1.06 bits per heavy atom. The molecule has 5 heteroatoms. The minimum absolute atomic E-state index is 0.147. The summed E-state index contributed by atoms with van der Waals surface area (Å²) in [4.78, 5) is 21.9. The van der Waals surface area contributed by atoms with Gasteiger partial charge in [0.05, 0.1) is 13.2 Å². The molecular formula is C13H21NO4. The molecule has 0 aliphatic heterocycles. The van der Waals surface area contributed by atoms with Gasteiger partial charge in [-0.2, -0.15) is 0 Å². The maximum atomic E-state index is 11.0. The maximum absolute atomic E-state index is 11.0. The molecule has 0 saturated heterocycles. The van der Waals surface area contributed by atoms with Gasteiger partial charge < -0.3 is 15.2 Å². The first-order valence-corrected chi connectivity index (χ1v) is 5.36. The van der Waals surface area contributed by atoms with Crippen LogP contribution in [0.2, 0.25) is 0 Å². The Bertz CT molecular complexity index is 252. The quantitative estimate of drug-likeness (QED) is 0.559. The summed E-state index contributed by atoms with van der Waals surface area (Å²) in [6.07, 6.45) is 16.4. The van der Waals surface area contributed by atoms with E-state index in [9.17, 15) is 9.59 Å².